The molecule has 0 atom stereocenters. The minimum absolute atomic E-state index is 0.346. The van der Waals surface area contributed by atoms with Gasteiger partial charge in [0.2, 0.25) is 5.91 Å². The van der Waals surface area contributed by atoms with E-state index >= 15 is 0 Å². The third kappa shape index (κ3) is 7.51. The summed E-state index contributed by atoms with van der Waals surface area (Å²) in [6, 6.07) is 0. The molecule has 7 heteroatoms. The van der Waals surface area contributed by atoms with Gasteiger partial charge in [0.05, 0.1) is 13.7 Å². The maximum Gasteiger partial charge on any atom is 0.413 e. The van der Waals surface area contributed by atoms with Crippen LogP contribution in [0.25, 0.3) is 0 Å². The van der Waals surface area contributed by atoms with Crippen LogP contribution in [0.5, 0.6) is 0 Å². The fraction of sp³-hybridized carbons (Fsp3) is 0.444. The molecule has 0 aliphatic rings. The number of nitrogens with one attached hydrogen (secondary N) is 2. The molecule has 3 amide bonds. The van der Waals surface area contributed by atoms with Gasteiger partial charge < -0.3 is 14.8 Å². The maximum atomic E-state index is 11.0. The molecule has 0 fully saturated rings. The minimum Gasteiger partial charge on any atom is -0.453 e. The standard InChI is InChI=1S/C9H14N2O5/c1-15-6-5-10-7(12)3-4-8(13)11-9(14)16-2/h3-4H,5-6H2,1-2H3,(H,10,12)(H,11,13,14). The molecule has 0 radical (unpaired) electrons. The molecule has 0 rings (SSSR count). The van der Waals surface area contributed by atoms with Crippen LogP contribution < -0.4 is 10.6 Å². The molecular weight excluding hydrogens is 216 g/mol. The van der Waals surface area contributed by atoms with E-state index < -0.39 is 17.9 Å². The molecule has 7 nitrogen and oxygen atoms in total. The van der Waals surface area contributed by atoms with Crippen molar-refractivity contribution in [3.05, 3.63) is 12.2 Å². The highest BCUT2D eigenvalue weighted by atomic mass is 16.5. The summed E-state index contributed by atoms with van der Waals surface area (Å²) in [6.07, 6.45) is 1.06. The van der Waals surface area contributed by atoms with Crippen molar-refractivity contribution in [3.8, 4) is 0 Å². The highest BCUT2D eigenvalue weighted by Crippen LogP contribution is 1.78. The number of carbonyl (C=O) groups is 3. The Balaban J connectivity index is 3.84. The Morgan fingerprint density at radius 2 is 1.75 bits per heavy atom. The van der Waals surface area contributed by atoms with Crippen molar-refractivity contribution >= 4 is 17.9 Å². The van der Waals surface area contributed by atoms with Crippen LogP contribution in [0, 0.1) is 0 Å². The predicted molar refractivity (Wildman–Crippen MR) is 54.6 cm³/mol. The van der Waals surface area contributed by atoms with E-state index in [1.54, 1.807) is 0 Å². The Hall–Kier alpha value is -1.89. The lowest BCUT2D eigenvalue weighted by atomic mass is 10.4. The van der Waals surface area contributed by atoms with E-state index in [9.17, 15) is 14.4 Å². The summed E-state index contributed by atoms with van der Waals surface area (Å²) in [5.41, 5.74) is 0. The Bertz CT molecular complexity index is 288. The van der Waals surface area contributed by atoms with Gasteiger partial charge >= 0.3 is 6.09 Å². The smallest absolute Gasteiger partial charge is 0.413 e. The zero-order valence-electron chi connectivity index (χ0n) is 9.11. The molecule has 0 bridgehead atoms. The number of hydrogen-bond donors (Lipinski definition) is 2. The summed E-state index contributed by atoms with van der Waals surface area (Å²) in [7, 11) is 2.63. The average molecular weight is 230 g/mol. The zero-order chi connectivity index (χ0) is 12.4. The summed E-state index contributed by atoms with van der Waals surface area (Å²) in [5.74, 6) is -1.18. The van der Waals surface area contributed by atoms with Crippen LogP contribution in [-0.2, 0) is 19.1 Å². The Labute approximate surface area is 92.8 Å². The topological polar surface area (TPSA) is 93.7 Å². The number of methoxy groups -OCH3 is 2. The molecule has 0 unspecified atom stereocenters. The molecule has 0 aromatic carbocycles. The molecule has 2 N–H and O–H groups in total. The Morgan fingerprint density at radius 3 is 2.31 bits per heavy atom. The van der Waals surface area contributed by atoms with E-state index in [4.69, 9.17) is 4.74 Å². The molecule has 0 heterocycles. The van der Waals surface area contributed by atoms with Crippen molar-refractivity contribution in [2.75, 3.05) is 27.4 Å². The quantitative estimate of drug-likeness (QED) is 0.476. The third-order valence-corrected chi connectivity index (χ3v) is 1.40. The first-order valence-electron chi connectivity index (χ1n) is 4.44. The Kier molecular flexibility index (Phi) is 7.43. The van der Waals surface area contributed by atoms with Gasteiger partial charge in [-0.25, -0.2) is 4.79 Å². The largest absolute Gasteiger partial charge is 0.453 e. The maximum absolute atomic E-state index is 11.0. The molecule has 0 aliphatic heterocycles. The van der Waals surface area contributed by atoms with Gasteiger partial charge in [-0.3, -0.25) is 14.9 Å². The number of imide groups is 1. The van der Waals surface area contributed by atoms with E-state index in [-0.39, 0.29) is 0 Å². The summed E-state index contributed by atoms with van der Waals surface area (Å²) >= 11 is 0. The van der Waals surface area contributed by atoms with E-state index in [0.29, 0.717) is 13.2 Å². The molecule has 0 saturated carbocycles. The summed E-state index contributed by atoms with van der Waals surface area (Å²) < 4.78 is 8.89. The first kappa shape index (κ1) is 14.1. The summed E-state index contributed by atoms with van der Waals surface area (Å²) in [6.45, 7) is 0.728. The van der Waals surface area contributed by atoms with Gasteiger partial charge in [0.25, 0.3) is 5.91 Å². The summed E-state index contributed by atoms with van der Waals surface area (Å²) in [5, 5.41) is 4.32. The van der Waals surface area contributed by atoms with Gasteiger partial charge in [-0.2, -0.15) is 0 Å². The lowest BCUT2D eigenvalue weighted by molar-refractivity contribution is -0.118. The van der Waals surface area contributed by atoms with Crippen molar-refractivity contribution in [2.45, 2.75) is 0 Å². The third-order valence-electron chi connectivity index (χ3n) is 1.40. The van der Waals surface area contributed by atoms with Crippen molar-refractivity contribution in [2.24, 2.45) is 0 Å². The molecule has 90 valence electrons. The highest BCUT2D eigenvalue weighted by molar-refractivity contribution is 6.02. The number of carbonyl (C=O) groups excluding carboxylic acids is 3. The average Bonchev–Trinajstić information content (AvgIpc) is 2.26. The summed E-state index contributed by atoms with van der Waals surface area (Å²) in [4.78, 5) is 32.5. The molecular formula is C9H14N2O5. The minimum atomic E-state index is -0.880. The first-order chi connectivity index (χ1) is 7.60. The van der Waals surface area contributed by atoms with Crippen LogP contribution in [0.1, 0.15) is 0 Å². The van der Waals surface area contributed by atoms with Gasteiger partial charge in [0.1, 0.15) is 0 Å². The second kappa shape index (κ2) is 8.42. The lowest BCUT2D eigenvalue weighted by Crippen LogP contribution is -2.29. The van der Waals surface area contributed by atoms with Crippen LogP contribution in [-0.4, -0.2) is 45.3 Å². The monoisotopic (exact) mass is 230 g/mol. The molecule has 0 aromatic heterocycles. The fourth-order valence-electron chi connectivity index (χ4n) is 0.680. The van der Waals surface area contributed by atoms with Gasteiger partial charge in [-0.1, -0.05) is 0 Å². The molecule has 0 aliphatic carbocycles. The molecule has 16 heavy (non-hydrogen) atoms. The molecule has 0 saturated heterocycles. The van der Waals surface area contributed by atoms with Gasteiger partial charge in [0, 0.05) is 25.8 Å². The molecule has 0 aromatic rings. The molecule has 0 spiro atoms. The number of ether oxygens (including phenoxy) is 2. The van der Waals surface area contributed by atoms with E-state index in [0.717, 1.165) is 19.3 Å². The van der Waals surface area contributed by atoms with E-state index in [1.165, 1.54) is 7.11 Å². The fourth-order valence-corrected chi connectivity index (χ4v) is 0.680. The van der Waals surface area contributed by atoms with Crippen LogP contribution in [0.2, 0.25) is 0 Å². The van der Waals surface area contributed by atoms with Crippen molar-refractivity contribution in [1.82, 2.24) is 10.6 Å². The van der Waals surface area contributed by atoms with Gasteiger partial charge in [0.15, 0.2) is 0 Å². The van der Waals surface area contributed by atoms with Crippen LogP contribution in [0.3, 0.4) is 0 Å². The zero-order valence-corrected chi connectivity index (χ0v) is 9.11. The second-order valence-corrected chi connectivity index (χ2v) is 2.60. The van der Waals surface area contributed by atoms with Gasteiger partial charge in [-0.05, 0) is 0 Å². The van der Waals surface area contributed by atoms with Crippen molar-refractivity contribution in [1.29, 1.82) is 0 Å². The van der Waals surface area contributed by atoms with Crippen LogP contribution in [0.15, 0.2) is 12.2 Å². The normalized spacial score (nSPS) is 9.88. The number of hydrogen-bond acceptors (Lipinski definition) is 5. The van der Waals surface area contributed by atoms with E-state index in [1.807, 2.05) is 5.32 Å². The number of rotatable bonds is 5. The van der Waals surface area contributed by atoms with Crippen LogP contribution >= 0.6 is 0 Å². The van der Waals surface area contributed by atoms with E-state index in [2.05, 4.69) is 10.1 Å². The SMILES string of the molecule is COCCNC(=O)C=CC(=O)NC(=O)OC. The first-order valence-corrected chi connectivity index (χ1v) is 4.44. The predicted octanol–water partition coefficient (Wildman–Crippen LogP) is -0.812. The number of alkyl carbamates (subject to hydrolysis) is 1. The van der Waals surface area contributed by atoms with Crippen molar-refractivity contribution in [3.63, 3.8) is 0 Å². The lowest BCUT2D eigenvalue weighted by Gasteiger charge is -2.00. The Morgan fingerprint density at radius 1 is 1.12 bits per heavy atom. The van der Waals surface area contributed by atoms with Gasteiger partial charge in [-0.15, -0.1) is 0 Å². The second-order valence-electron chi connectivity index (χ2n) is 2.60. The highest BCUT2D eigenvalue weighted by Gasteiger charge is 2.03. The number of amides is 3. The van der Waals surface area contributed by atoms with Crippen LogP contribution in [0.4, 0.5) is 4.79 Å². The van der Waals surface area contributed by atoms with Crippen molar-refractivity contribution < 1.29 is 23.9 Å².